The standard InChI is InChI=1S/C16H21F2N5O/c1-16(2,3)14-22-13(23-24-14)9-21-15(19-4)20-8-10-7-11(17)5-6-12(10)18/h5-7H,8-9H2,1-4H3,(H2,19,20,21). The maximum atomic E-state index is 13.6. The van der Waals surface area contributed by atoms with E-state index in [0.29, 0.717) is 24.2 Å². The van der Waals surface area contributed by atoms with Crippen molar-refractivity contribution in [3.63, 3.8) is 0 Å². The smallest absolute Gasteiger partial charge is 0.232 e. The molecule has 24 heavy (non-hydrogen) atoms. The SMILES string of the molecule is CN=C(NCc1noc(C(C)(C)C)n1)NCc1cc(F)ccc1F. The summed E-state index contributed by atoms with van der Waals surface area (Å²) in [6, 6.07) is 3.31. The zero-order valence-corrected chi connectivity index (χ0v) is 14.2. The molecule has 0 atom stereocenters. The summed E-state index contributed by atoms with van der Waals surface area (Å²) in [5.74, 6) is 0.481. The minimum atomic E-state index is -0.488. The van der Waals surface area contributed by atoms with Crippen LogP contribution >= 0.6 is 0 Å². The average molecular weight is 337 g/mol. The van der Waals surface area contributed by atoms with Gasteiger partial charge in [-0.15, -0.1) is 0 Å². The zero-order valence-electron chi connectivity index (χ0n) is 14.2. The van der Waals surface area contributed by atoms with Crippen LogP contribution in [0, 0.1) is 11.6 Å². The number of hydrogen-bond acceptors (Lipinski definition) is 4. The number of nitrogens with zero attached hydrogens (tertiary/aromatic N) is 3. The van der Waals surface area contributed by atoms with Crippen LogP contribution in [0.1, 0.15) is 38.0 Å². The number of rotatable bonds is 4. The fourth-order valence-corrected chi connectivity index (χ4v) is 1.87. The second kappa shape index (κ2) is 7.37. The Morgan fingerprint density at radius 3 is 2.54 bits per heavy atom. The summed E-state index contributed by atoms with van der Waals surface area (Å²) in [6.07, 6.45) is 0. The van der Waals surface area contributed by atoms with Crippen LogP contribution in [0.2, 0.25) is 0 Å². The minimum absolute atomic E-state index is 0.1000. The highest BCUT2D eigenvalue weighted by Crippen LogP contribution is 2.19. The molecule has 2 aromatic rings. The van der Waals surface area contributed by atoms with Gasteiger partial charge >= 0.3 is 0 Å². The van der Waals surface area contributed by atoms with E-state index >= 15 is 0 Å². The molecule has 0 aliphatic carbocycles. The molecule has 0 aliphatic rings. The Bertz CT molecular complexity index is 721. The lowest BCUT2D eigenvalue weighted by atomic mass is 9.97. The molecule has 0 amide bonds. The van der Waals surface area contributed by atoms with Crippen LogP contribution in [0.15, 0.2) is 27.7 Å². The zero-order chi connectivity index (χ0) is 17.7. The van der Waals surface area contributed by atoms with Gasteiger partial charge in [-0.1, -0.05) is 25.9 Å². The molecule has 0 bridgehead atoms. The van der Waals surface area contributed by atoms with E-state index in [1.54, 1.807) is 7.05 Å². The molecule has 2 rings (SSSR count). The van der Waals surface area contributed by atoms with Crippen LogP contribution in [0.4, 0.5) is 8.78 Å². The lowest BCUT2D eigenvalue weighted by Gasteiger charge is -2.11. The molecular formula is C16H21F2N5O. The predicted octanol–water partition coefficient (Wildman–Crippen LogP) is 2.51. The summed E-state index contributed by atoms with van der Waals surface area (Å²) in [7, 11) is 1.58. The molecule has 130 valence electrons. The van der Waals surface area contributed by atoms with Crippen molar-refractivity contribution in [3.05, 3.63) is 47.1 Å². The van der Waals surface area contributed by atoms with Crippen LogP contribution in [-0.2, 0) is 18.5 Å². The van der Waals surface area contributed by atoms with E-state index < -0.39 is 11.6 Å². The second-order valence-corrected chi connectivity index (χ2v) is 6.28. The molecule has 0 radical (unpaired) electrons. The molecule has 8 heteroatoms. The number of aliphatic imine (C=N–C) groups is 1. The van der Waals surface area contributed by atoms with Crippen molar-refractivity contribution in [1.29, 1.82) is 0 Å². The van der Waals surface area contributed by atoms with Crippen LogP contribution < -0.4 is 10.6 Å². The van der Waals surface area contributed by atoms with Crippen molar-refractivity contribution in [2.45, 2.75) is 39.3 Å². The Morgan fingerprint density at radius 1 is 1.21 bits per heavy atom. The molecule has 0 fully saturated rings. The molecule has 6 nitrogen and oxygen atoms in total. The van der Waals surface area contributed by atoms with Gasteiger partial charge in [0.25, 0.3) is 0 Å². The lowest BCUT2D eigenvalue weighted by molar-refractivity contribution is 0.318. The molecule has 1 heterocycles. The van der Waals surface area contributed by atoms with Crippen molar-refractivity contribution in [3.8, 4) is 0 Å². The Hall–Kier alpha value is -2.51. The fraction of sp³-hybridized carbons (Fsp3) is 0.438. The van der Waals surface area contributed by atoms with E-state index in [1.807, 2.05) is 20.8 Å². The van der Waals surface area contributed by atoms with Crippen molar-refractivity contribution in [2.24, 2.45) is 4.99 Å². The van der Waals surface area contributed by atoms with Crippen LogP contribution in [0.5, 0.6) is 0 Å². The summed E-state index contributed by atoms with van der Waals surface area (Å²) in [6.45, 7) is 6.33. The first-order valence-corrected chi connectivity index (χ1v) is 7.51. The Morgan fingerprint density at radius 2 is 1.92 bits per heavy atom. The summed E-state index contributed by atoms with van der Waals surface area (Å²) < 4.78 is 31.9. The molecule has 0 aliphatic heterocycles. The molecule has 2 N–H and O–H groups in total. The topological polar surface area (TPSA) is 75.3 Å². The molecular weight excluding hydrogens is 316 g/mol. The van der Waals surface area contributed by atoms with Crippen LogP contribution in [0.25, 0.3) is 0 Å². The van der Waals surface area contributed by atoms with Gasteiger partial charge in [0.15, 0.2) is 11.8 Å². The predicted molar refractivity (Wildman–Crippen MR) is 86.4 cm³/mol. The van der Waals surface area contributed by atoms with Gasteiger partial charge in [0, 0.05) is 24.6 Å². The molecule has 0 unspecified atom stereocenters. The average Bonchev–Trinajstić information content (AvgIpc) is 3.00. The largest absolute Gasteiger partial charge is 0.352 e. The maximum absolute atomic E-state index is 13.6. The number of guanidine groups is 1. The molecule has 1 aromatic carbocycles. The highest BCUT2D eigenvalue weighted by atomic mass is 19.1. The van der Waals surface area contributed by atoms with Gasteiger partial charge in [-0.05, 0) is 18.2 Å². The maximum Gasteiger partial charge on any atom is 0.232 e. The van der Waals surface area contributed by atoms with E-state index in [-0.39, 0.29) is 17.5 Å². The Labute approximate surface area is 139 Å². The van der Waals surface area contributed by atoms with Gasteiger partial charge in [-0.25, -0.2) is 8.78 Å². The number of benzene rings is 1. The number of hydrogen-bond donors (Lipinski definition) is 2. The fourth-order valence-electron chi connectivity index (χ4n) is 1.87. The number of aromatic nitrogens is 2. The lowest BCUT2D eigenvalue weighted by Crippen LogP contribution is -2.36. The summed E-state index contributed by atoms with van der Waals surface area (Å²) in [5.41, 5.74) is -0.00683. The number of halogens is 2. The third-order valence-electron chi connectivity index (χ3n) is 3.20. The summed E-state index contributed by atoms with van der Waals surface area (Å²) >= 11 is 0. The van der Waals surface area contributed by atoms with Gasteiger partial charge in [-0.2, -0.15) is 4.98 Å². The number of nitrogens with one attached hydrogen (secondary N) is 2. The van der Waals surface area contributed by atoms with Gasteiger partial charge < -0.3 is 15.2 Å². The van der Waals surface area contributed by atoms with Gasteiger partial charge in [0.05, 0.1) is 6.54 Å². The highest BCUT2D eigenvalue weighted by Gasteiger charge is 2.21. The first-order valence-electron chi connectivity index (χ1n) is 7.51. The van der Waals surface area contributed by atoms with Crippen molar-refractivity contribution in [1.82, 2.24) is 20.8 Å². The first-order chi connectivity index (χ1) is 11.3. The third kappa shape index (κ3) is 4.74. The van der Waals surface area contributed by atoms with E-state index in [1.165, 1.54) is 0 Å². The first kappa shape index (κ1) is 17.8. The van der Waals surface area contributed by atoms with E-state index in [4.69, 9.17) is 4.52 Å². The molecule has 1 aromatic heterocycles. The van der Waals surface area contributed by atoms with Crippen LogP contribution in [0.3, 0.4) is 0 Å². The van der Waals surface area contributed by atoms with Gasteiger partial charge in [0.1, 0.15) is 11.6 Å². The van der Waals surface area contributed by atoms with Crippen molar-refractivity contribution >= 4 is 5.96 Å². The minimum Gasteiger partial charge on any atom is -0.352 e. The summed E-state index contributed by atoms with van der Waals surface area (Å²) in [4.78, 5) is 8.32. The summed E-state index contributed by atoms with van der Waals surface area (Å²) in [5, 5.41) is 9.79. The quantitative estimate of drug-likeness (QED) is 0.662. The highest BCUT2D eigenvalue weighted by molar-refractivity contribution is 5.79. The monoisotopic (exact) mass is 337 g/mol. The Kier molecular flexibility index (Phi) is 5.48. The molecule has 0 saturated carbocycles. The van der Waals surface area contributed by atoms with E-state index in [2.05, 4.69) is 25.8 Å². The van der Waals surface area contributed by atoms with Gasteiger partial charge in [-0.3, -0.25) is 4.99 Å². The normalized spacial score (nSPS) is 12.3. The second-order valence-electron chi connectivity index (χ2n) is 6.28. The van der Waals surface area contributed by atoms with Crippen LogP contribution in [-0.4, -0.2) is 23.1 Å². The van der Waals surface area contributed by atoms with Crippen molar-refractivity contribution < 1.29 is 13.3 Å². The molecule has 0 saturated heterocycles. The van der Waals surface area contributed by atoms with Crippen molar-refractivity contribution in [2.75, 3.05) is 7.05 Å². The molecule has 0 spiro atoms. The van der Waals surface area contributed by atoms with E-state index in [0.717, 1.165) is 18.2 Å². The Balaban J connectivity index is 1.91. The van der Waals surface area contributed by atoms with E-state index in [9.17, 15) is 8.78 Å². The van der Waals surface area contributed by atoms with Gasteiger partial charge in [0.2, 0.25) is 5.89 Å². The third-order valence-corrected chi connectivity index (χ3v) is 3.20.